The van der Waals surface area contributed by atoms with E-state index in [4.69, 9.17) is 4.74 Å². The molecule has 1 saturated heterocycles. The zero-order valence-corrected chi connectivity index (χ0v) is 15.8. The van der Waals surface area contributed by atoms with Crippen LogP contribution in [-0.4, -0.2) is 44.6 Å². The number of hydrogen-bond acceptors (Lipinski definition) is 5. The number of rotatable bonds is 4. The van der Waals surface area contributed by atoms with Crippen LogP contribution >= 0.6 is 0 Å². The predicted octanol–water partition coefficient (Wildman–Crippen LogP) is 2.47. The normalized spacial score (nSPS) is 17.8. The van der Waals surface area contributed by atoms with E-state index in [0.717, 1.165) is 10.8 Å². The van der Waals surface area contributed by atoms with Gasteiger partial charge in [-0.1, -0.05) is 36.4 Å². The standard InChI is InChI=1S/C19H22N2O5S/c1-26-17(22)13-19(9-11-27(24,25)12-10-19)21-18(23)20-16-8-4-6-14-5-2-3-7-15(14)16/h2-8H,9-13H2,1H3,(H2,20,21,23). The number of fused-ring (bicyclic) bond motifs is 1. The first-order chi connectivity index (χ1) is 12.8. The number of hydrogen-bond donors (Lipinski definition) is 2. The number of nitrogens with one attached hydrogen (secondary N) is 2. The number of benzene rings is 2. The third-order valence-electron chi connectivity index (χ3n) is 4.91. The molecule has 0 unspecified atom stereocenters. The highest BCUT2D eigenvalue weighted by Crippen LogP contribution is 2.28. The Morgan fingerprint density at radius 3 is 2.44 bits per heavy atom. The number of esters is 1. The second-order valence-corrected chi connectivity index (χ2v) is 9.09. The fourth-order valence-corrected chi connectivity index (χ4v) is 4.96. The van der Waals surface area contributed by atoms with Gasteiger partial charge < -0.3 is 15.4 Å². The zero-order chi connectivity index (χ0) is 19.5. The van der Waals surface area contributed by atoms with Crippen molar-refractivity contribution in [1.82, 2.24) is 5.32 Å². The van der Waals surface area contributed by atoms with E-state index in [9.17, 15) is 18.0 Å². The van der Waals surface area contributed by atoms with Crippen molar-refractivity contribution in [3.8, 4) is 0 Å². The Kier molecular flexibility index (Phi) is 5.36. The number of sulfone groups is 1. The average Bonchev–Trinajstić information content (AvgIpc) is 2.64. The Hall–Kier alpha value is -2.61. The largest absolute Gasteiger partial charge is 0.469 e. The van der Waals surface area contributed by atoms with Gasteiger partial charge in [-0.15, -0.1) is 0 Å². The van der Waals surface area contributed by atoms with Gasteiger partial charge in [-0.3, -0.25) is 4.79 Å². The van der Waals surface area contributed by atoms with Gasteiger partial charge in [0.25, 0.3) is 0 Å². The number of urea groups is 1. The van der Waals surface area contributed by atoms with Crippen LogP contribution in [0.1, 0.15) is 19.3 Å². The molecule has 7 nitrogen and oxygen atoms in total. The maximum atomic E-state index is 12.6. The van der Waals surface area contributed by atoms with Gasteiger partial charge in [-0.25, -0.2) is 13.2 Å². The summed E-state index contributed by atoms with van der Waals surface area (Å²) in [6.07, 6.45) is 0.281. The number of anilines is 1. The maximum Gasteiger partial charge on any atom is 0.319 e. The maximum absolute atomic E-state index is 12.6. The highest BCUT2D eigenvalue weighted by molar-refractivity contribution is 7.91. The first-order valence-electron chi connectivity index (χ1n) is 8.67. The van der Waals surface area contributed by atoms with Crippen molar-refractivity contribution in [1.29, 1.82) is 0 Å². The van der Waals surface area contributed by atoms with Crippen LogP contribution in [-0.2, 0) is 19.4 Å². The Morgan fingerprint density at radius 1 is 1.07 bits per heavy atom. The zero-order valence-electron chi connectivity index (χ0n) is 15.0. The predicted molar refractivity (Wildman–Crippen MR) is 103 cm³/mol. The van der Waals surface area contributed by atoms with E-state index in [-0.39, 0.29) is 30.8 Å². The minimum atomic E-state index is -3.14. The molecule has 27 heavy (non-hydrogen) atoms. The summed E-state index contributed by atoms with van der Waals surface area (Å²) < 4.78 is 28.3. The lowest BCUT2D eigenvalue weighted by Crippen LogP contribution is -2.55. The van der Waals surface area contributed by atoms with Crippen molar-refractivity contribution in [3.63, 3.8) is 0 Å². The van der Waals surface area contributed by atoms with Crippen LogP contribution in [0.2, 0.25) is 0 Å². The SMILES string of the molecule is COC(=O)CC1(NC(=O)Nc2cccc3ccccc23)CCS(=O)(=O)CC1. The van der Waals surface area contributed by atoms with Gasteiger partial charge in [0, 0.05) is 5.39 Å². The molecule has 2 aromatic rings. The summed E-state index contributed by atoms with van der Waals surface area (Å²) in [6.45, 7) is 0. The van der Waals surface area contributed by atoms with Gasteiger partial charge in [-0.05, 0) is 24.3 Å². The minimum absolute atomic E-state index is 0.0675. The topological polar surface area (TPSA) is 102 Å². The molecule has 144 valence electrons. The van der Waals surface area contributed by atoms with Crippen LogP contribution in [0, 0.1) is 0 Å². The summed E-state index contributed by atoms with van der Waals surface area (Å²) in [5.74, 6) is -0.628. The molecule has 2 N–H and O–H groups in total. The summed E-state index contributed by atoms with van der Waals surface area (Å²) in [4.78, 5) is 24.5. The van der Waals surface area contributed by atoms with Crippen LogP contribution in [0.5, 0.6) is 0 Å². The van der Waals surface area contributed by atoms with E-state index in [1.807, 2.05) is 36.4 Å². The summed E-state index contributed by atoms with van der Waals surface area (Å²) in [5, 5.41) is 7.53. The third kappa shape index (κ3) is 4.57. The molecule has 1 aliphatic heterocycles. The molecule has 8 heteroatoms. The van der Waals surface area contributed by atoms with E-state index in [1.165, 1.54) is 7.11 Å². The fourth-order valence-electron chi connectivity index (χ4n) is 3.35. The molecule has 0 bridgehead atoms. The molecule has 1 heterocycles. The summed E-state index contributed by atoms with van der Waals surface area (Å²) in [7, 11) is -1.87. The second-order valence-electron chi connectivity index (χ2n) is 6.79. The van der Waals surface area contributed by atoms with Crippen molar-refractivity contribution < 1.29 is 22.7 Å². The summed E-state index contributed by atoms with van der Waals surface area (Å²) in [5.41, 5.74) is -0.296. The Morgan fingerprint density at radius 2 is 1.74 bits per heavy atom. The van der Waals surface area contributed by atoms with Crippen LogP contribution in [0.4, 0.5) is 10.5 Å². The van der Waals surface area contributed by atoms with Gasteiger partial charge in [-0.2, -0.15) is 0 Å². The van der Waals surface area contributed by atoms with Crippen molar-refractivity contribution in [2.45, 2.75) is 24.8 Å². The molecule has 0 atom stereocenters. The molecule has 2 amide bonds. The molecule has 0 aromatic heterocycles. The average molecular weight is 390 g/mol. The summed E-state index contributed by atoms with van der Waals surface area (Å²) in [6, 6.07) is 12.8. The molecular weight excluding hydrogens is 368 g/mol. The van der Waals surface area contributed by atoms with Crippen molar-refractivity contribution in [2.75, 3.05) is 23.9 Å². The highest BCUT2D eigenvalue weighted by atomic mass is 32.2. The molecular formula is C19H22N2O5S. The first-order valence-corrected chi connectivity index (χ1v) is 10.5. The van der Waals surface area contributed by atoms with E-state index in [2.05, 4.69) is 10.6 Å². The highest BCUT2D eigenvalue weighted by Gasteiger charge is 2.40. The Balaban J connectivity index is 1.79. The van der Waals surface area contributed by atoms with E-state index in [0.29, 0.717) is 5.69 Å². The quantitative estimate of drug-likeness (QED) is 0.781. The van der Waals surface area contributed by atoms with E-state index < -0.39 is 27.4 Å². The van der Waals surface area contributed by atoms with Gasteiger partial charge in [0.1, 0.15) is 9.84 Å². The number of ether oxygens (including phenoxy) is 1. The number of amides is 2. The molecule has 2 aromatic carbocycles. The smallest absolute Gasteiger partial charge is 0.319 e. The lowest BCUT2D eigenvalue weighted by atomic mass is 9.88. The second kappa shape index (κ2) is 7.56. The van der Waals surface area contributed by atoms with Crippen LogP contribution in [0.15, 0.2) is 42.5 Å². The van der Waals surface area contributed by atoms with E-state index in [1.54, 1.807) is 6.07 Å². The number of methoxy groups -OCH3 is 1. The van der Waals surface area contributed by atoms with Crippen LogP contribution in [0.3, 0.4) is 0 Å². The van der Waals surface area contributed by atoms with Gasteiger partial charge in [0.15, 0.2) is 0 Å². The van der Waals surface area contributed by atoms with Gasteiger partial charge in [0.2, 0.25) is 0 Å². The van der Waals surface area contributed by atoms with Gasteiger partial charge in [0.05, 0.1) is 36.3 Å². The number of carbonyl (C=O) groups excluding carboxylic acids is 2. The third-order valence-corrected chi connectivity index (χ3v) is 6.56. The Labute approximate surface area is 158 Å². The lowest BCUT2D eigenvalue weighted by Gasteiger charge is -2.37. The Bertz CT molecular complexity index is 952. The molecule has 0 aliphatic carbocycles. The number of carbonyl (C=O) groups is 2. The molecule has 0 saturated carbocycles. The lowest BCUT2D eigenvalue weighted by molar-refractivity contribution is -0.142. The molecule has 1 fully saturated rings. The summed E-state index contributed by atoms with van der Waals surface area (Å²) >= 11 is 0. The van der Waals surface area contributed by atoms with Crippen LogP contribution < -0.4 is 10.6 Å². The van der Waals surface area contributed by atoms with Gasteiger partial charge >= 0.3 is 12.0 Å². The molecule has 0 radical (unpaired) electrons. The fraction of sp³-hybridized carbons (Fsp3) is 0.368. The van der Waals surface area contributed by atoms with Crippen molar-refractivity contribution in [2.24, 2.45) is 0 Å². The van der Waals surface area contributed by atoms with Crippen LogP contribution in [0.25, 0.3) is 10.8 Å². The molecule has 3 rings (SSSR count). The van der Waals surface area contributed by atoms with E-state index >= 15 is 0 Å². The monoisotopic (exact) mass is 390 g/mol. The molecule has 1 aliphatic rings. The minimum Gasteiger partial charge on any atom is -0.469 e. The molecule has 0 spiro atoms. The van der Waals surface area contributed by atoms with Crippen molar-refractivity contribution in [3.05, 3.63) is 42.5 Å². The van der Waals surface area contributed by atoms with Crippen molar-refractivity contribution >= 4 is 38.3 Å². The first kappa shape index (κ1) is 19.2.